The van der Waals surface area contributed by atoms with Crippen molar-refractivity contribution in [1.82, 2.24) is 4.98 Å². The van der Waals surface area contributed by atoms with Crippen LogP contribution in [0.2, 0.25) is 0 Å². The second kappa shape index (κ2) is 6.31. The van der Waals surface area contributed by atoms with Gasteiger partial charge in [-0.2, -0.15) is 0 Å². The summed E-state index contributed by atoms with van der Waals surface area (Å²) in [5.41, 5.74) is -0.405. The lowest BCUT2D eigenvalue weighted by Gasteiger charge is -2.32. The molecule has 0 aliphatic carbocycles. The van der Waals surface area contributed by atoms with Crippen molar-refractivity contribution < 1.29 is 18.8 Å². The van der Waals surface area contributed by atoms with Gasteiger partial charge in [-0.3, -0.25) is 5.32 Å². The quantitative estimate of drug-likeness (QED) is 0.609. The Morgan fingerprint density at radius 3 is 2.29 bits per heavy atom. The van der Waals surface area contributed by atoms with Crippen LogP contribution in [-0.4, -0.2) is 35.0 Å². The summed E-state index contributed by atoms with van der Waals surface area (Å²) < 4.78 is 18.0. The fraction of sp³-hybridized carbons (Fsp3) is 0.625. The highest BCUT2D eigenvalue weighted by Gasteiger charge is 2.53. The maximum Gasteiger partial charge on any atom is 0.499 e. The number of rotatable bonds is 2. The van der Waals surface area contributed by atoms with Gasteiger partial charge in [0.25, 0.3) is 0 Å². The van der Waals surface area contributed by atoms with Crippen LogP contribution in [0.3, 0.4) is 0 Å². The lowest BCUT2D eigenvalue weighted by Crippen LogP contribution is -2.41. The first-order valence-electron chi connectivity index (χ1n) is 7.82. The SMILES string of the molecule is CC(C)(C)OC(=O)Nc1ccnc(Br)c1B1OC(C)(C)C(C)(C)O1. The summed E-state index contributed by atoms with van der Waals surface area (Å²) in [6.45, 7) is 13.3. The fourth-order valence-corrected chi connectivity index (χ4v) is 2.67. The van der Waals surface area contributed by atoms with Gasteiger partial charge in [-0.1, -0.05) is 0 Å². The predicted molar refractivity (Wildman–Crippen MR) is 97.5 cm³/mol. The van der Waals surface area contributed by atoms with Gasteiger partial charge in [0.1, 0.15) is 10.2 Å². The van der Waals surface area contributed by atoms with E-state index in [2.05, 4.69) is 26.2 Å². The maximum atomic E-state index is 12.1. The molecule has 1 aromatic rings. The van der Waals surface area contributed by atoms with Crippen LogP contribution in [-0.2, 0) is 14.0 Å². The second-order valence-corrected chi connectivity index (χ2v) is 8.53. The third kappa shape index (κ3) is 4.10. The molecule has 0 unspecified atom stereocenters. The molecule has 6 nitrogen and oxygen atoms in total. The van der Waals surface area contributed by atoms with E-state index in [9.17, 15) is 4.79 Å². The normalized spacial score (nSPS) is 19.2. The molecule has 0 bridgehead atoms. The first-order valence-corrected chi connectivity index (χ1v) is 8.62. The minimum atomic E-state index is -0.650. The number of carbonyl (C=O) groups is 1. The van der Waals surface area contributed by atoms with Crippen molar-refractivity contribution >= 4 is 40.3 Å². The molecular formula is C16H24BBrN2O4. The Kier molecular flexibility index (Phi) is 5.05. The van der Waals surface area contributed by atoms with Gasteiger partial charge in [-0.05, 0) is 70.5 Å². The highest BCUT2D eigenvalue weighted by atomic mass is 79.9. The molecule has 1 aromatic heterocycles. The van der Waals surface area contributed by atoms with E-state index in [-0.39, 0.29) is 0 Å². The lowest BCUT2D eigenvalue weighted by atomic mass is 9.79. The Morgan fingerprint density at radius 2 is 1.79 bits per heavy atom. The summed E-state index contributed by atoms with van der Waals surface area (Å²) >= 11 is 3.42. The Morgan fingerprint density at radius 1 is 1.25 bits per heavy atom. The molecule has 0 saturated carbocycles. The molecule has 2 heterocycles. The van der Waals surface area contributed by atoms with Crippen LogP contribution in [0.15, 0.2) is 16.9 Å². The smallest absolute Gasteiger partial charge is 0.444 e. The molecule has 1 N–H and O–H groups in total. The van der Waals surface area contributed by atoms with Gasteiger partial charge >= 0.3 is 13.2 Å². The van der Waals surface area contributed by atoms with Crippen LogP contribution in [0, 0.1) is 0 Å². The van der Waals surface area contributed by atoms with Gasteiger partial charge in [0.15, 0.2) is 0 Å². The van der Waals surface area contributed by atoms with E-state index in [1.807, 2.05) is 48.5 Å². The van der Waals surface area contributed by atoms with Crippen LogP contribution in [0.25, 0.3) is 0 Å². The number of hydrogen-bond donors (Lipinski definition) is 1. The Balaban J connectivity index is 2.30. The van der Waals surface area contributed by atoms with E-state index in [1.165, 1.54) is 0 Å². The molecule has 2 rings (SSSR count). The van der Waals surface area contributed by atoms with Crippen molar-refractivity contribution in [3.05, 3.63) is 16.9 Å². The average Bonchev–Trinajstić information content (AvgIpc) is 2.55. The summed E-state index contributed by atoms with van der Waals surface area (Å²) in [5, 5.41) is 2.75. The minimum Gasteiger partial charge on any atom is -0.444 e. The molecule has 0 aromatic carbocycles. The molecule has 1 aliphatic rings. The standard InChI is InChI=1S/C16H24BBrN2O4/c1-14(2,3)22-13(21)20-10-8-9-19-12(18)11(10)17-23-15(4,5)16(6,7)24-17/h8-9H,1-7H3,(H,19,20,21). The maximum absolute atomic E-state index is 12.1. The first kappa shape index (κ1) is 19.2. The highest BCUT2D eigenvalue weighted by Crippen LogP contribution is 2.37. The van der Waals surface area contributed by atoms with Gasteiger partial charge in [0, 0.05) is 17.3 Å². The van der Waals surface area contributed by atoms with Crippen LogP contribution in [0.1, 0.15) is 48.5 Å². The number of anilines is 1. The molecule has 0 atom stereocenters. The second-order valence-electron chi connectivity index (χ2n) is 7.78. The summed E-state index contributed by atoms with van der Waals surface area (Å²) in [7, 11) is -0.650. The van der Waals surface area contributed by atoms with E-state index >= 15 is 0 Å². The summed E-state index contributed by atoms with van der Waals surface area (Å²) in [5.74, 6) is 0. The zero-order valence-electron chi connectivity index (χ0n) is 15.2. The lowest BCUT2D eigenvalue weighted by molar-refractivity contribution is 0.00578. The van der Waals surface area contributed by atoms with Crippen molar-refractivity contribution in [2.45, 2.75) is 65.3 Å². The largest absolute Gasteiger partial charge is 0.499 e. The third-order valence-corrected chi connectivity index (χ3v) is 4.70. The van der Waals surface area contributed by atoms with Gasteiger partial charge in [-0.25, -0.2) is 9.78 Å². The number of carbonyl (C=O) groups excluding carboxylic acids is 1. The predicted octanol–water partition coefficient (Wildman–Crippen LogP) is 3.49. The highest BCUT2D eigenvalue weighted by molar-refractivity contribution is 9.10. The van der Waals surface area contributed by atoms with Crippen LogP contribution < -0.4 is 10.8 Å². The molecule has 1 saturated heterocycles. The Hall–Kier alpha value is -1.12. The molecule has 0 radical (unpaired) electrons. The van der Waals surface area contributed by atoms with E-state index in [1.54, 1.807) is 12.3 Å². The first-order chi connectivity index (χ1) is 10.8. The van der Waals surface area contributed by atoms with E-state index in [4.69, 9.17) is 14.0 Å². The molecule has 0 spiro atoms. The Labute approximate surface area is 151 Å². The number of halogens is 1. The molecule has 8 heteroatoms. The zero-order valence-corrected chi connectivity index (χ0v) is 16.8. The van der Waals surface area contributed by atoms with Gasteiger partial charge in [0.2, 0.25) is 0 Å². The number of nitrogens with zero attached hydrogens (tertiary/aromatic N) is 1. The molecule has 24 heavy (non-hydrogen) atoms. The van der Waals surface area contributed by atoms with Crippen molar-refractivity contribution in [1.29, 1.82) is 0 Å². The zero-order chi connectivity index (χ0) is 18.3. The van der Waals surface area contributed by atoms with E-state index in [0.717, 1.165) is 0 Å². The third-order valence-electron chi connectivity index (χ3n) is 4.07. The number of pyridine rings is 1. The van der Waals surface area contributed by atoms with Crippen molar-refractivity contribution in [2.24, 2.45) is 0 Å². The van der Waals surface area contributed by atoms with Crippen molar-refractivity contribution in [2.75, 3.05) is 5.32 Å². The molecule has 1 amide bonds. The van der Waals surface area contributed by atoms with Crippen molar-refractivity contribution in [3.8, 4) is 0 Å². The molecule has 132 valence electrons. The van der Waals surface area contributed by atoms with E-state index < -0.39 is 30.0 Å². The summed E-state index contributed by atoms with van der Waals surface area (Å²) in [6, 6.07) is 1.69. The number of ether oxygens (including phenoxy) is 1. The summed E-state index contributed by atoms with van der Waals surface area (Å²) in [6.07, 6.45) is 1.05. The fourth-order valence-electron chi connectivity index (χ4n) is 2.16. The van der Waals surface area contributed by atoms with Gasteiger partial charge < -0.3 is 14.0 Å². The van der Waals surface area contributed by atoms with E-state index in [0.29, 0.717) is 15.8 Å². The molecular weight excluding hydrogens is 375 g/mol. The molecule has 1 fully saturated rings. The van der Waals surface area contributed by atoms with Crippen LogP contribution in [0.4, 0.5) is 10.5 Å². The van der Waals surface area contributed by atoms with Crippen LogP contribution in [0.5, 0.6) is 0 Å². The number of nitrogens with one attached hydrogen (secondary N) is 1. The topological polar surface area (TPSA) is 69.7 Å². The Bertz CT molecular complexity index is 627. The molecule has 1 aliphatic heterocycles. The number of hydrogen-bond acceptors (Lipinski definition) is 5. The van der Waals surface area contributed by atoms with Gasteiger partial charge in [0.05, 0.1) is 11.2 Å². The van der Waals surface area contributed by atoms with Crippen LogP contribution >= 0.6 is 15.9 Å². The minimum absolute atomic E-state index is 0.490. The van der Waals surface area contributed by atoms with Gasteiger partial charge in [-0.15, -0.1) is 0 Å². The number of aromatic nitrogens is 1. The summed E-state index contributed by atoms with van der Waals surface area (Å²) in [4.78, 5) is 16.3. The van der Waals surface area contributed by atoms with Crippen molar-refractivity contribution in [3.63, 3.8) is 0 Å². The monoisotopic (exact) mass is 398 g/mol. The average molecular weight is 399 g/mol. The number of amides is 1.